The maximum absolute atomic E-state index is 5.43. The molecule has 1 atom stereocenters. The number of ether oxygens (including phenoxy) is 1. The van der Waals surface area contributed by atoms with Gasteiger partial charge in [-0.3, -0.25) is 0 Å². The Morgan fingerprint density at radius 1 is 1.20 bits per heavy atom. The Morgan fingerprint density at radius 2 is 2.20 bits per heavy atom. The van der Waals surface area contributed by atoms with Crippen LogP contribution in [0.2, 0.25) is 0 Å². The Morgan fingerprint density at radius 3 is 3.20 bits per heavy atom. The van der Waals surface area contributed by atoms with E-state index >= 15 is 0 Å². The van der Waals surface area contributed by atoms with Gasteiger partial charge in [-0.25, -0.2) is 0 Å². The highest BCUT2D eigenvalue weighted by Gasteiger charge is 2.61. The van der Waals surface area contributed by atoms with Crippen LogP contribution in [0.3, 0.4) is 0 Å². The van der Waals surface area contributed by atoms with Crippen molar-refractivity contribution in [3.63, 3.8) is 0 Å². The molecular formula is C14H8O. The van der Waals surface area contributed by atoms with Crippen LogP contribution in [0.1, 0.15) is 6.42 Å². The van der Waals surface area contributed by atoms with Crippen LogP contribution in [-0.2, 0) is 4.74 Å². The first-order valence-corrected chi connectivity index (χ1v) is 5.35. The highest BCUT2D eigenvalue weighted by Crippen LogP contribution is 2.72. The van der Waals surface area contributed by atoms with Crippen molar-refractivity contribution in [2.24, 2.45) is 5.41 Å². The molecule has 1 heteroatoms. The standard InChI is InChI=1S/C14H8O/c1-2-4-9-8-6-11-13(15-11)12(8)10-7-14(9,10)5-3-1/h1-6H,7H2. The fourth-order valence-electron chi connectivity index (χ4n) is 3.16. The molecule has 1 nitrogen and oxygen atoms in total. The maximum Gasteiger partial charge on any atom is 0.177 e. The molecule has 70 valence electrons. The van der Waals surface area contributed by atoms with Crippen LogP contribution in [0.25, 0.3) is 0 Å². The molecule has 5 rings (SSSR count). The van der Waals surface area contributed by atoms with Crippen LogP contribution >= 0.6 is 0 Å². The van der Waals surface area contributed by atoms with E-state index in [1.54, 1.807) is 5.57 Å². The summed E-state index contributed by atoms with van der Waals surface area (Å²) in [4.78, 5) is 0. The van der Waals surface area contributed by atoms with Gasteiger partial charge < -0.3 is 4.74 Å². The van der Waals surface area contributed by atoms with E-state index in [9.17, 15) is 0 Å². The zero-order valence-electron chi connectivity index (χ0n) is 8.08. The average molecular weight is 192 g/mol. The zero-order valence-corrected chi connectivity index (χ0v) is 8.08. The molecule has 1 fully saturated rings. The quantitative estimate of drug-likeness (QED) is 0.575. The lowest BCUT2D eigenvalue weighted by Crippen LogP contribution is -1.99. The lowest BCUT2D eigenvalue weighted by Gasteiger charge is -2.11. The van der Waals surface area contributed by atoms with Gasteiger partial charge in [0.05, 0.1) is 0 Å². The van der Waals surface area contributed by atoms with Gasteiger partial charge >= 0.3 is 0 Å². The number of allylic oxidation sites excluding steroid dienone is 9. The van der Waals surface area contributed by atoms with Crippen molar-refractivity contribution in [3.8, 4) is 0 Å². The summed E-state index contributed by atoms with van der Waals surface area (Å²) in [5, 5.41) is 0. The summed E-state index contributed by atoms with van der Waals surface area (Å²) in [6.45, 7) is 0. The third-order valence-corrected chi connectivity index (χ3v) is 3.97. The van der Waals surface area contributed by atoms with Gasteiger partial charge in [0.2, 0.25) is 0 Å². The molecule has 0 amide bonds. The first-order valence-electron chi connectivity index (χ1n) is 5.35. The van der Waals surface area contributed by atoms with Gasteiger partial charge in [0.15, 0.2) is 11.5 Å². The van der Waals surface area contributed by atoms with Crippen molar-refractivity contribution in [1.82, 2.24) is 0 Å². The minimum Gasteiger partial charge on any atom is -0.449 e. The van der Waals surface area contributed by atoms with E-state index in [2.05, 4.69) is 36.5 Å². The third kappa shape index (κ3) is 0.552. The van der Waals surface area contributed by atoms with Crippen LogP contribution in [0.15, 0.2) is 70.3 Å². The molecule has 1 heterocycles. The summed E-state index contributed by atoms with van der Waals surface area (Å²) in [5.74, 6) is 2.26. The van der Waals surface area contributed by atoms with Gasteiger partial charge in [-0.15, -0.1) is 0 Å². The maximum atomic E-state index is 5.43. The first kappa shape index (κ1) is 6.67. The zero-order chi connectivity index (χ0) is 9.62. The summed E-state index contributed by atoms with van der Waals surface area (Å²) in [6.07, 6.45) is 14.4. The molecule has 0 aromatic heterocycles. The van der Waals surface area contributed by atoms with Gasteiger partial charge in [-0.1, -0.05) is 30.4 Å². The molecule has 0 N–H and O–H groups in total. The van der Waals surface area contributed by atoms with E-state index in [1.165, 1.54) is 23.1 Å². The summed E-state index contributed by atoms with van der Waals surface area (Å²) < 4.78 is 5.43. The summed E-state index contributed by atoms with van der Waals surface area (Å²) in [7, 11) is 0. The Hall–Kier alpha value is -1.76. The minimum atomic E-state index is 0.259. The van der Waals surface area contributed by atoms with Crippen molar-refractivity contribution in [1.29, 1.82) is 0 Å². The molecular weight excluding hydrogens is 184 g/mol. The second-order valence-corrected chi connectivity index (χ2v) is 4.68. The SMILES string of the molecule is C1=CC=C2C3=CC4=C(O4)C3=C3CC23C=C1. The molecule has 1 unspecified atom stereocenters. The molecule has 0 aromatic carbocycles. The number of fused-ring (bicyclic) bond motifs is 3. The normalized spacial score (nSPS) is 36.3. The van der Waals surface area contributed by atoms with E-state index in [-0.39, 0.29) is 5.41 Å². The highest BCUT2D eigenvalue weighted by atomic mass is 16.6. The van der Waals surface area contributed by atoms with Crippen LogP contribution < -0.4 is 0 Å². The molecule has 0 radical (unpaired) electrons. The predicted octanol–water partition coefficient (Wildman–Crippen LogP) is 2.92. The smallest absolute Gasteiger partial charge is 0.177 e. The van der Waals surface area contributed by atoms with E-state index in [4.69, 9.17) is 4.74 Å². The van der Waals surface area contributed by atoms with Crippen LogP contribution in [0.4, 0.5) is 0 Å². The Kier molecular flexibility index (Phi) is 0.752. The van der Waals surface area contributed by atoms with Crippen LogP contribution in [0.5, 0.6) is 0 Å². The monoisotopic (exact) mass is 192 g/mol. The second kappa shape index (κ2) is 1.69. The number of hydrogen-bond acceptors (Lipinski definition) is 1. The Bertz CT molecular complexity index is 620. The molecule has 5 aliphatic rings. The summed E-state index contributed by atoms with van der Waals surface area (Å²) in [5.41, 5.74) is 6.14. The molecule has 1 aliphatic heterocycles. The Balaban J connectivity index is 1.88. The van der Waals surface area contributed by atoms with E-state index in [0.717, 1.165) is 11.5 Å². The second-order valence-electron chi connectivity index (χ2n) is 4.68. The van der Waals surface area contributed by atoms with Crippen LogP contribution in [-0.4, -0.2) is 0 Å². The van der Waals surface area contributed by atoms with Gasteiger partial charge in [0, 0.05) is 11.0 Å². The number of hydrogen-bond donors (Lipinski definition) is 0. The molecule has 15 heavy (non-hydrogen) atoms. The summed E-state index contributed by atoms with van der Waals surface area (Å²) >= 11 is 0. The van der Waals surface area contributed by atoms with Crippen molar-refractivity contribution >= 4 is 0 Å². The molecule has 4 aliphatic carbocycles. The van der Waals surface area contributed by atoms with E-state index < -0.39 is 0 Å². The molecule has 0 saturated heterocycles. The number of rotatable bonds is 0. The van der Waals surface area contributed by atoms with E-state index in [0.29, 0.717) is 0 Å². The lowest BCUT2D eigenvalue weighted by atomic mass is 9.92. The average Bonchev–Trinajstić information content (AvgIpc) is 3.12. The van der Waals surface area contributed by atoms with E-state index in [1.807, 2.05) is 0 Å². The highest BCUT2D eigenvalue weighted by molar-refractivity contribution is 5.83. The Labute approximate surface area is 87.4 Å². The molecule has 0 bridgehead atoms. The molecule has 0 aromatic rings. The van der Waals surface area contributed by atoms with Crippen molar-refractivity contribution in [3.05, 3.63) is 70.3 Å². The van der Waals surface area contributed by atoms with Crippen molar-refractivity contribution in [2.45, 2.75) is 6.42 Å². The third-order valence-electron chi connectivity index (χ3n) is 3.97. The van der Waals surface area contributed by atoms with Gasteiger partial charge in [0.25, 0.3) is 0 Å². The van der Waals surface area contributed by atoms with Crippen molar-refractivity contribution < 1.29 is 4.74 Å². The summed E-state index contributed by atoms with van der Waals surface area (Å²) in [6, 6.07) is 0. The predicted molar refractivity (Wildman–Crippen MR) is 56.6 cm³/mol. The van der Waals surface area contributed by atoms with Crippen LogP contribution in [0, 0.1) is 5.41 Å². The van der Waals surface area contributed by atoms with Gasteiger partial charge in [-0.2, -0.15) is 0 Å². The van der Waals surface area contributed by atoms with Gasteiger partial charge in [0.1, 0.15) is 0 Å². The van der Waals surface area contributed by atoms with Crippen molar-refractivity contribution in [2.75, 3.05) is 0 Å². The van der Waals surface area contributed by atoms with Gasteiger partial charge in [-0.05, 0) is 29.2 Å². The lowest BCUT2D eigenvalue weighted by molar-refractivity contribution is 0.482. The first-order chi connectivity index (χ1) is 7.40. The fraction of sp³-hybridized carbons (Fsp3) is 0.143. The molecule has 1 saturated carbocycles. The molecule has 1 spiro atoms. The largest absolute Gasteiger partial charge is 0.449 e. The minimum absolute atomic E-state index is 0.259. The fourth-order valence-corrected chi connectivity index (χ4v) is 3.16. The topological polar surface area (TPSA) is 12.5 Å².